The monoisotopic (exact) mass is 300 g/mol. The second-order valence-corrected chi connectivity index (χ2v) is 5.26. The molecule has 0 saturated carbocycles. The molecule has 4 heteroatoms. The lowest BCUT2D eigenvalue weighted by Crippen LogP contribution is -2.22. The molecule has 0 heterocycles. The van der Waals surface area contributed by atoms with Crippen molar-refractivity contribution < 1.29 is 9.59 Å². The number of amides is 2. The van der Waals surface area contributed by atoms with E-state index in [0.717, 1.165) is 30.4 Å². The molecular weight excluding hydrogens is 276 g/mol. The first kappa shape index (κ1) is 17.7. The number of nitrogens with two attached hydrogens (primary N) is 1. The Morgan fingerprint density at radius 2 is 1.82 bits per heavy atom. The molecule has 0 bridgehead atoms. The minimum atomic E-state index is -0.364. The van der Waals surface area contributed by atoms with Crippen LogP contribution in [-0.4, -0.2) is 18.4 Å². The van der Waals surface area contributed by atoms with Crippen LogP contribution in [0.5, 0.6) is 0 Å². The Morgan fingerprint density at radius 1 is 1.14 bits per heavy atom. The van der Waals surface area contributed by atoms with E-state index in [0.29, 0.717) is 12.1 Å². The summed E-state index contributed by atoms with van der Waals surface area (Å²) in [4.78, 5) is 22.7. The smallest absolute Gasteiger partial charge is 0.244 e. The van der Waals surface area contributed by atoms with E-state index in [1.165, 1.54) is 6.08 Å². The zero-order valence-corrected chi connectivity index (χ0v) is 13.3. The van der Waals surface area contributed by atoms with Gasteiger partial charge in [0.15, 0.2) is 0 Å². The molecule has 0 spiro atoms. The molecule has 1 rings (SSSR count). The molecule has 0 unspecified atom stereocenters. The van der Waals surface area contributed by atoms with E-state index < -0.39 is 0 Å². The number of hydrogen-bond acceptors (Lipinski definition) is 2. The van der Waals surface area contributed by atoms with Crippen LogP contribution in [0, 0.1) is 0 Å². The second-order valence-electron chi connectivity index (χ2n) is 5.26. The number of unbranched alkanes of at least 4 members (excludes halogenated alkanes) is 1. The fourth-order valence-corrected chi connectivity index (χ4v) is 1.92. The SMILES string of the molecule is CC(CCCCNC(=O)C=Cc1ccccc1)=C(C)C(N)=O. The summed E-state index contributed by atoms with van der Waals surface area (Å²) in [5.74, 6) is -0.457. The Morgan fingerprint density at radius 3 is 2.45 bits per heavy atom. The molecule has 0 aromatic heterocycles. The van der Waals surface area contributed by atoms with Gasteiger partial charge in [-0.3, -0.25) is 9.59 Å². The number of carbonyl (C=O) groups is 2. The summed E-state index contributed by atoms with van der Waals surface area (Å²) < 4.78 is 0. The third-order valence-electron chi connectivity index (χ3n) is 3.51. The number of rotatable bonds is 8. The van der Waals surface area contributed by atoms with E-state index in [1.807, 2.05) is 37.3 Å². The van der Waals surface area contributed by atoms with Crippen molar-refractivity contribution in [2.24, 2.45) is 5.73 Å². The molecule has 0 aliphatic heterocycles. The van der Waals surface area contributed by atoms with Crippen LogP contribution in [0.2, 0.25) is 0 Å². The molecule has 3 N–H and O–H groups in total. The van der Waals surface area contributed by atoms with Crippen molar-refractivity contribution in [3.8, 4) is 0 Å². The van der Waals surface area contributed by atoms with Gasteiger partial charge in [-0.1, -0.05) is 35.9 Å². The van der Waals surface area contributed by atoms with Crippen LogP contribution in [0.15, 0.2) is 47.6 Å². The molecule has 0 saturated heterocycles. The first-order valence-corrected chi connectivity index (χ1v) is 7.48. The summed E-state index contributed by atoms with van der Waals surface area (Å²) in [6, 6.07) is 9.69. The normalized spacial score (nSPS) is 12.1. The summed E-state index contributed by atoms with van der Waals surface area (Å²) >= 11 is 0. The van der Waals surface area contributed by atoms with E-state index >= 15 is 0 Å². The average Bonchev–Trinajstić information content (AvgIpc) is 2.52. The fourth-order valence-electron chi connectivity index (χ4n) is 1.92. The highest BCUT2D eigenvalue weighted by molar-refractivity contribution is 5.92. The van der Waals surface area contributed by atoms with Gasteiger partial charge in [-0.25, -0.2) is 0 Å². The lowest BCUT2D eigenvalue weighted by molar-refractivity contribution is -0.116. The third kappa shape index (κ3) is 6.88. The Balaban J connectivity index is 2.22. The predicted octanol–water partition coefficient (Wildman–Crippen LogP) is 2.81. The Labute approximate surface area is 132 Å². The molecule has 1 aromatic carbocycles. The number of primary amides is 1. The molecule has 0 aliphatic rings. The maximum absolute atomic E-state index is 11.6. The minimum absolute atomic E-state index is 0.0931. The second kappa shape index (κ2) is 9.55. The van der Waals surface area contributed by atoms with Crippen molar-refractivity contribution in [1.82, 2.24) is 5.32 Å². The van der Waals surface area contributed by atoms with Crippen LogP contribution in [0.1, 0.15) is 38.7 Å². The van der Waals surface area contributed by atoms with Crippen molar-refractivity contribution in [1.29, 1.82) is 0 Å². The van der Waals surface area contributed by atoms with Crippen LogP contribution in [0.4, 0.5) is 0 Å². The Bertz CT molecular complexity index is 560. The van der Waals surface area contributed by atoms with Crippen molar-refractivity contribution in [3.05, 3.63) is 53.1 Å². The van der Waals surface area contributed by atoms with Gasteiger partial charge >= 0.3 is 0 Å². The quantitative estimate of drug-likeness (QED) is 0.572. The average molecular weight is 300 g/mol. The predicted molar refractivity (Wildman–Crippen MR) is 89.9 cm³/mol. The van der Waals surface area contributed by atoms with Crippen molar-refractivity contribution in [2.45, 2.75) is 33.1 Å². The molecule has 2 amide bonds. The highest BCUT2D eigenvalue weighted by atomic mass is 16.1. The highest BCUT2D eigenvalue weighted by Crippen LogP contribution is 2.11. The summed E-state index contributed by atoms with van der Waals surface area (Å²) in [7, 11) is 0. The standard InChI is InChI=1S/C18H24N2O2/c1-14(15(2)18(19)22)8-6-7-13-20-17(21)12-11-16-9-4-3-5-10-16/h3-5,9-12H,6-8,13H2,1-2H3,(H2,19,22)(H,20,21). The third-order valence-corrected chi connectivity index (χ3v) is 3.51. The first-order valence-electron chi connectivity index (χ1n) is 7.48. The number of hydrogen-bond donors (Lipinski definition) is 2. The number of nitrogens with one attached hydrogen (secondary N) is 1. The van der Waals surface area contributed by atoms with E-state index in [-0.39, 0.29) is 11.8 Å². The van der Waals surface area contributed by atoms with Gasteiger partial charge in [0.25, 0.3) is 0 Å². The van der Waals surface area contributed by atoms with Crippen molar-refractivity contribution >= 4 is 17.9 Å². The van der Waals surface area contributed by atoms with E-state index in [2.05, 4.69) is 5.32 Å². The van der Waals surface area contributed by atoms with Gasteiger partial charge < -0.3 is 11.1 Å². The number of benzene rings is 1. The fraction of sp³-hybridized carbons (Fsp3) is 0.333. The lowest BCUT2D eigenvalue weighted by Gasteiger charge is -2.05. The molecule has 0 atom stereocenters. The summed E-state index contributed by atoms with van der Waals surface area (Å²) in [6.07, 6.45) is 5.94. The summed E-state index contributed by atoms with van der Waals surface area (Å²) in [5, 5.41) is 2.85. The maximum Gasteiger partial charge on any atom is 0.244 e. The first-order chi connectivity index (χ1) is 10.5. The van der Waals surface area contributed by atoms with E-state index in [1.54, 1.807) is 13.0 Å². The maximum atomic E-state index is 11.6. The summed E-state index contributed by atoms with van der Waals surface area (Å²) in [6.45, 7) is 4.29. The molecule has 1 aromatic rings. The van der Waals surface area contributed by atoms with Crippen LogP contribution in [-0.2, 0) is 9.59 Å². The topological polar surface area (TPSA) is 72.2 Å². The molecule has 4 nitrogen and oxygen atoms in total. The Hall–Kier alpha value is -2.36. The highest BCUT2D eigenvalue weighted by Gasteiger charge is 2.03. The van der Waals surface area contributed by atoms with Crippen LogP contribution in [0.25, 0.3) is 6.08 Å². The van der Waals surface area contributed by atoms with Gasteiger partial charge in [0.2, 0.25) is 11.8 Å². The van der Waals surface area contributed by atoms with Gasteiger partial charge in [0.1, 0.15) is 0 Å². The number of allylic oxidation sites excluding steroid dienone is 1. The largest absolute Gasteiger partial charge is 0.366 e. The number of carbonyl (C=O) groups excluding carboxylic acids is 2. The Kier molecular flexibility index (Phi) is 7.68. The van der Waals surface area contributed by atoms with Crippen molar-refractivity contribution in [3.63, 3.8) is 0 Å². The van der Waals surface area contributed by atoms with Crippen molar-refractivity contribution in [2.75, 3.05) is 6.54 Å². The zero-order valence-electron chi connectivity index (χ0n) is 13.3. The molecular formula is C18H24N2O2. The zero-order chi connectivity index (χ0) is 16.4. The van der Waals surface area contributed by atoms with Crippen LogP contribution in [0.3, 0.4) is 0 Å². The van der Waals surface area contributed by atoms with Crippen LogP contribution >= 0.6 is 0 Å². The molecule has 118 valence electrons. The molecule has 22 heavy (non-hydrogen) atoms. The minimum Gasteiger partial charge on any atom is -0.366 e. The van der Waals surface area contributed by atoms with Gasteiger partial charge in [-0.05, 0) is 44.7 Å². The van der Waals surface area contributed by atoms with Crippen LogP contribution < -0.4 is 11.1 Å². The van der Waals surface area contributed by atoms with Gasteiger partial charge in [-0.2, -0.15) is 0 Å². The lowest BCUT2D eigenvalue weighted by atomic mass is 10.0. The van der Waals surface area contributed by atoms with Gasteiger partial charge in [0.05, 0.1) is 0 Å². The molecule has 0 fully saturated rings. The van der Waals surface area contributed by atoms with Gasteiger partial charge in [0, 0.05) is 18.2 Å². The van der Waals surface area contributed by atoms with E-state index in [4.69, 9.17) is 5.73 Å². The summed E-state index contributed by atoms with van der Waals surface area (Å²) in [5.41, 5.74) is 7.88. The molecule has 0 radical (unpaired) electrons. The van der Waals surface area contributed by atoms with E-state index in [9.17, 15) is 9.59 Å². The van der Waals surface area contributed by atoms with Gasteiger partial charge in [-0.15, -0.1) is 0 Å². The molecule has 0 aliphatic carbocycles.